The van der Waals surface area contributed by atoms with Gasteiger partial charge >= 0.3 is 0 Å². The van der Waals surface area contributed by atoms with E-state index in [9.17, 15) is 0 Å². The van der Waals surface area contributed by atoms with Crippen molar-refractivity contribution < 1.29 is 4.74 Å². The summed E-state index contributed by atoms with van der Waals surface area (Å²) in [6.07, 6.45) is 4.02. The number of likely N-dealkylation sites (tertiary alicyclic amines) is 1. The van der Waals surface area contributed by atoms with Crippen LogP contribution in [0.1, 0.15) is 36.1 Å². The zero-order valence-corrected chi connectivity index (χ0v) is 12.8. The zero-order chi connectivity index (χ0) is 14.1. The van der Waals surface area contributed by atoms with Crippen LogP contribution in [0, 0.1) is 13.8 Å². The van der Waals surface area contributed by atoms with Gasteiger partial charge in [0.2, 0.25) is 0 Å². The summed E-state index contributed by atoms with van der Waals surface area (Å²) in [5, 5.41) is 1.32. The first kappa shape index (κ1) is 13.5. The summed E-state index contributed by atoms with van der Waals surface area (Å²) in [6, 6.07) is 4.42. The second-order valence-corrected chi connectivity index (χ2v) is 5.95. The summed E-state index contributed by atoms with van der Waals surface area (Å²) in [6.45, 7) is 7.68. The Morgan fingerprint density at radius 3 is 2.60 bits per heavy atom. The number of hydrogen-bond donors (Lipinski definition) is 1. The fourth-order valence-corrected chi connectivity index (χ4v) is 3.31. The average Bonchev–Trinajstić information content (AvgIpc) is 2.85. The third-order valence-electron chi connectivity index (χ3n) is 4.37. The predicted octanol–water partition coefficient (Wildman–Crippen LogP) is 3.78. The minimum Gasteiger partial charge on any atom is -0.496 e. The highest BCUT2D eigenvalue weighted by molar-refractivity contribution is 5.89. The first-order valence-corrected chi connectivity index (χ1v) is 7.57. The van der Waals surface area contributed by atoms with E-state index in [1.165, 1.54) is 60.1 Å². The Bertz CT molecular complexity index is 609. The van der Waals surface area contributed by atoms with Crippen LogP contribution in [-0.2, 0) is 6.54 Å². The summed E-state index contributed by atoms with van der Waals surface area (Å²) >= 11 is 0. The Labute approximate surface area is 120 Å². The number of methoxy groups -OCH3 is 1. The van der Waals surface area contributed by atoms with Gasteiger partial charge in [-0.05, 0) is 57.5 Å². The lowest BCUT2D eigenvalue weighted by Gasteiger charge is -2.27. The number of benzene rings is 1. The van der Waals surface area contributed by atoms with Gasteiger partial charge in [0.15, 0.2) is 0 Å². The van der Waals surface area contributed by atoms with E-state index in [2.05, 4.69) is 35.9 Å². The number of aryl methyl sites for hydroxylation is 2. The summed E-state index contributed by atoms with van der Waals surface area (Å²) in [7, 11) is 1.78. The van der Waals surface area contributed by atoms with Crippen LogP contribution in [0.15, 0.2) is 12.1 Å². The number of aromatic nitrogens is 1. The van der Waals surface area contributed by atoms with Gasteiger partial charge in [-0.25, -0.2) is 0 Å². The Morgan fingerprint density at radius 1 is 1.15 bits per heavy atom. The highest BCUT2D eigenvalue weighted by Crippen LogP contribution is 2.33. The van der Waals surface area contributed by atoms with Crippen molar-refractivity contribution in [2.24, 2.45) is 0 Å². The van der Waals surface area contributed by atoms with Gasteiger partial charge in [-0.15, -0.1) is 0 Å². The largest absolute Gasteiger partial charge is 0.496 e. The van der Waals surface area contributed by atoms with Gasteiger partial charge in [0.1, 0.15) is 5.75 Å². The van der Waals surface area contributed by atoms with Gasteiger partial charge in [0.25, 0.3) is 0 Å². The molecule has 0 unspecified atom stereocenters. The molecular weight excluding hydrogens is 248 g/mol. The number of piperidine rings is 1. The molecule has 0 bridgehead atoms. The topological polar surface area (TPSA) is 28.3 Å². The van der Waals surface area contributed by atoms with Crippen molar-refractivity contribution in [2.75, 3.05) is 20.2 Å². The lowest BCUT2D eigenvalue weighted by Crippen LogP contribution is -2.29. The average molecular weight is 272 g/mol. The Morgan fingerprint density at radius 2 is 1.90 bits per heavy atom. The first-order chi connectivity index (χ1) is 9.69. The fourth-order valence-electron chi connectivity index (χ4n) is 3.31. The molecule has 0 aliphatic carbocycles. The Hall–Kier alpha value is -1.48. The molecule has 0 atom stereocenters. The molecule has 3 heteroatoms. The van der Waals surface area contributed by atoms with Gasteiger partial charge in [-0.3, -0.25) is 4.90 Å². The number of hydrogen-bond acceptors (Lipinski definition) is 2. The van der Waals surface area contributed by atoms with Crippen molar-refractivity contribution in [2.45, 2.75) is 39.7 Å². The summed E-state index contributed by atoms with van der Waals surface area (Å²) in [5.74, 6) is 1.03. The molecule has 0 saturated carbocycles. The van der Waals surface area contributed by atoms with E-state index in [-0.39, 0.29) is 0 Å². The van der Waals surface area contributed by atoms with Gasteiger partial charge in [-0.2, -0.15) is 0 Å². The molecule has 108 valence electrons. The number of nitrogens with zero attached hydrogens (tertiary/aromatic N) is 1. The van der Waals surface area contributed by atoms with Crippen LogP contribution in [0.5, 0.6) is 5.75 Å². The molecule has 1 aromatic heterocycles. The minimum atomic E-state index is 0.997. The van der Waals surface area contributed by atoms with E-state index in [0.29, 0.717) is 0 Å². The van der Waals surface area contributed by atoms with Crippen molar-refractivity contribution in [1.29, 1.82) is 0 Å². The number of ether oxygens (including phenoxy) is 1. The van der Waals surface area contributed by atoms with Crippen molar-refractivity contribution in [3.8, 4) is 5.75 Å². The number of aromatic amines is 1. The van der Waals surface area contributed by atoms with Gasteiger partial charge in [0, 0.05) is 28.7 Å². The van der Waals surface area contributed by atoms with Crippen molar-refractivity contribution in [1.82, 2.24) is 9.88 Å². The molecular formula is C17H24N2O. The van der Waals surface area contributed by atoms with E-state index >= 15 is 0 Å². The molecule has 1 fully saturated rings. The molecule has 1 aliphatic rings. The van der Waals surface area contributed by atoms with Crippen LogP contribution >= 0.6 is 0 Å². The molecule has 0 spiro atoms. The molecule has 20 heavy (non-hydrogen) atoms. The minimum absolute atomic E-state index is 0.997. The Balaban J connectivity index is 2.04. The highest BCUT2D eigenvalue weighted by atomic mass is 16.5. The van der Waals surface area contributed by atoms with Gasteiger partial charge in [-0.1, -0.05) is 6.42 Å². The number of nitrogens with one attached hydrogen (secondary N) is 1. The predicted molar refractivity (Wildman–Crippen MR) is 83.5 cm³/mol. The SMILES string of the molecule is COc1cc(C)c2[nH]c(C)cc2c1CN1CCCCC1. The molecule has 1 saturated heterocycles. The summed E-state index contributed by atoms with van der Waals surface area (Å²) < 4.78 is 5.64. The number of H-pyrrole nitrogens is 1. The highest BCUT2D eigenvalue weighted by Gasteiger charge is 2.17. The van der Waals surface area contributed by atoms with Crippen LogP contribution in [0.3, 0.4) is 0 Å². The van der Waals surface area contributed by atoms with Crippen molar-refractivity contribution in [3.05, 3.63) is 29.0 Å². The van der Waals surface area contributed by atoms with Crippen molar-refractivity contribution in [3.63, 3.8) is 0 Å². The van der Waals surface area contributed by atoms with E-state index < -0.39 is 0 Å². The molecule has 1 N–H and O–H groups in total. The van der Waals surface area contributed by atoms with E-state index in [4.69, 9.17) is 4.74 Å². The standard InChI is InChI=1S/C17H24N2O/c1-12-9-16(20-3)15(11-19-7-5-4-6-8-19)14-10-13(2)18-17(12)14/h9-10,18H,4-8,11H2,1-3H3. The van der Waals surface area contributed by atoms with E-state index in [0.717, 1.165) is 12.3 Å². The molecule has 2 aromatic rings. The number of rotatable bonds is 3. The quantitative estimate of drug-likeness (QED) is 0.921. The molecule has 1 aromatic carbocycles. The molecule has 0 amide bonds. The Kier molecular flexibility index (Phi) is 3.70. The van der Waals surface area contributed by atoms with Gasteiger partial charge in [0.05, 0.1) is 7.11 Å². The normalized spacial score (nSPS) is 16.8. The molecule has 2 heterocycles. The number of fused-ring (bicyclic) bond motifs is 1. The van der Waals surface area contributed by atoms with Crippen LogP contribution in [0.4, 0.5) is 0 Å². The lowest BCUT2D eigenvalue weighted by molar-refractivity contribution is 0.219. The zero-order valence-electron chi connectivity index (χ0n) is 12.8. The van der Waals surface area contributed by atoms with Gasteiger partial charge < -0.3 is 9.72 Å². The summed E-state index contributed by atoms with van der Waals surface area (Å²) in [4.78, 5) is 6.04. The van der Waals surface area contributed by atoms with Crippen LogP contribution in [0.25, 0.3) is 10.9 Å². The second-order valence-electron chi connectivity index (χ2n) is 5.95. The van der Waals surface area contributed by atoms with E-state index in [1.54, 1.807) is 7.11 Å². The van der Waals surface area contributed by atoms with Crippen LogP contribution in [0.2, 0.25) is 0 Å². The van der Waals surface area contributed by atoms with Crippen LogP contribution < -0.4 is 4.74 Å². The third kappa shape index (κ3) is 2.42. The first-order valence-electron chi connectivity index (χ1n) is 7.57. The smallest absolute Gasteiger partial charge is 0.124 e. The maximum absolute atomic E-state index is 5.64. The van der Waals surface area contributed by atoms with E-state index in [1.807, 2.05) is 0 Å². The summed E-state index contributed by atoms with van der Waals surface area (Å²) in [5.41, 5.74) is 5.07. The lowest BCUT2D eigenvalue weighted by atomic mass is 10.0. The molecule has 3 nitrogen and oxygen atoms in total. The second kappa shape index (κ2) is 5.49. The van der Waals surface area contributed by atoms with Crippen molar-refractivity contribution >= 4 is 10.9 Å². The third-order valence-corrected chi connectivity index (χ3v) is 4.37. The fraction of sp³-hybridized carbons (Fsp3) is 0.529. The molecule has 0 radical (unpaired) electrons. The monoisotopic (exact) mass is 272 g/mol. The van der Waals surface area contributed by atoms with Crippen LogP contribution in [-0.4, -0.2) is 30.1 Å². The molecule has 1 aliphatic heterocycles. The maximum atomic E-state index is 5.64. The maximum Gasteiger partial charge on any atom is 0.124 e. The molecule has 3 rings (SSSR count).